The second-order valence-corrected chi connectivity index (χ2v) is 4.04. The summed E-state index contributed by atoms with van der Waals surface area (Å²) in [5.41, 5.74) is 0.652. The average Bonchev–Trinajstić information content (AvgIpc) is 2.28. The second kappa shape index (κ2) is 4.96. The molecule has 3 nitrogen and oxygen atoms in total. The number of aromatic nitrogens is 2. The summed E-state index contributed by atoms with van der Waals surface area (Å²) >= 11 is 11.4. The van der Waals surface area contributed by atoms with Crippen LogP contribution in [0.1, 0.15) is 17.2 Å². The van der Waals surface area contributed by atoms with Gasteiger partial charge in [0.25, 0.3) is 0 Å². The molecule has 1 N–H and O–H groups in total. The number of aliphatic hydroxyl groups excluding tert-OH is 1. The van der Waals surface area contributed by atoms with E-state index in [0.717, 1.165) is 0 Å². The van der Waals surface area contributed by atoms with Crippen LogP contribution in [0.4, 0.5) is 4.39 Å². The maximum atomic E-state index is 13.0. The molecular formula is C11H7Cl2FN2O. The molecule has 0 saturated heterocycles. The summed E-state index contributed by atoms with van der Waals surface area (Å²) in [4.78, 5) is 7.43. The van der Waals surface area contributed by atoms with Gasteiger partial charge in [0.15, 0.2) is 0 Å². The zero-order valence-electron chi connectivity index (χ0n) is 8.44. The van der Waals surface area contributed by atoms with Crippen LogP contribution in [0.3, 0.4) is 0 Å². The number of nitrogens with zero attached hydrogens (tertiary/aromatic N) is 2. The third kappa shape index (κ3) is 2.72. The highest BCUT2D eigenvalue weighted by molar-refractivity contribution is 6.32. The standard InChI is InChI=1S/C11H7Cl2FN2O/c12-10-8(5-15-11(13)16-10)9(17)6-2-1-3-7(14)4-6/h1-5,9,17H. The predicted octanol–water partition coefficient (Wildman–Crippen LogP) is 3.00. The average molecular weight is 273 g/mol. The van der Waals surface area contributed by atoms with Gasteiger partial charge >= 0.3 is 0 Å². The largest absolute Gasteiger partial charge is 0.383 e. The molecular weight excluding hydrogens is 266 g/mol. The van der Waals surface area contributed by atoms with Crippen molar-refractivity contribution >= 4 is 23.2 Å². The SMILES string of the molecule is OC(c1cccc(F)c1)c1cnc(Cl)nc1Cl. The molecule has 0 aliphatic heterocycles. The second-order valence-electron chi connectivity index (χ2n) is 3.34. The van der Waals surface area contributed by atoms with E-state index in [1.54, 1.807) is 6.07 Å². The van der Waals surface area contributed by atoms with E-state index in [4.69, 9.17) is 23.2 Å². The summed E-state index contributed by atoms with van der Waals surface area (Å²) in [7, 11) is 0. The van der Waals surface area contributed by atoms with Crippen LogP contribution in [0.25, 0.3) is 0 Å². The minimum Gasteiger partial charge on any atom is -0.383 e. The highest BCUT2D eigenvalue weighted by atomic mass is 35.5. The van der Waals surface area contributed by atoms with Crippen molar-refractivity contribution in [3.8, 4) is 0 Å². The zero-order chi connectivity index (χ0) is 12.4. The van der Waals surface area contributed by atoms with Crippen molar-refractivity contribution in [3.05, 3.63) is 57.8 Å². The molecule has 1 heterocycles. The molecule has 0 fully saturated rings. The van der Waals surface area contributed by atoms with Gasteiger partial charge in [-0.25, -0.2) is 14.4 Å². The maximum absolute atomic E-state index is 13.0. The van der Waals surface area contributed by atoms with Crippen LogP contribution >= 0.6 is 23.2 Å². The fourth-order valence-corrected chi connectivity index (χ4v) is 1.80. The van der Waals surface area contributed by atoms with Crippen LogP contribution in [0.2, 0.25) is 10.4 Å². The van der Waals surface area contributed by atoms with Crippen molar-refractivity contribution in [1.82, 2.24) is 9.97 Å². The van der Waals surface area contributed by atoms with E-state index in [0.29, 0.717) is 5.56 Å². The first-order chi connectivity index (χ1) is 8.08. The number of rotatable bonds is 2. The van der Waals surface area contributed by atoms with Gasteiger partial charge in [0.2, 0.25) is 5.28 Å². The Balaban J connectivity index is 2.40. The van der Waals surface area contributed by atoms with Crippen molar-refractivity contribution in [1.29, 1.82) is 0 Å². The van der Waals surface area contributed by atoms with E-state index >= 15 is 0 Å². The van der Waals surface area contributed by atoms with Crippen LogP contribution in [-0.2, 0) is 0 Å². The van der Waals surface area contributed by atoms with Gasteiger partial charge in [0.05, 0.1) is 0 Å². The van der Waals surface area contributed by atoms with Crippen LogP contribution in [0.5, 0.6) is 0 Å². The Morgan fingerprint density at radius 2 is 2.06 bits per heavy atom. The monoisotopic (exact) mass is 272 g/mol. The molecule has 0 amide bonds. The molecule has 1 atom stereocenters. The van der Waals surface area contributed by atoms with Crippen molar-refractivity contribution in [2.45, 2.75) is 6.10 Å². The Labute approximate surface area is 107 Å². The predicted molar refractivity (Wildman–Crippen MR) is 62.5 cm³/mol. The van der Waals surface area contributed by atoms with E-state index in [9.17, 15) is 9.50 Å². The lowest BCUT2D eigenvalue weighted by Crippen LogP contribution is -2.03. The zero-order valence-corrected chi connectivity index (χ0v) is 9.95. The van der Waals surface area contributed by atoms with Crippen LogP contribution in [-0.4, -0.2) is 15.1 Å². The van der Waals surface area contributed by atoms with Gasteiger partial charge in [-0.1, -0.05) is 23.7 Å². The molecule has 2 aromatic rings. The molecule has 1 aromatic heterocycles. The summed E-state index contributed by atoms with van der Waals surface area (Å²) in [5, 5.41) is 10.0. The van der Waals surface area contributed by atoms with Gasteiger partial charge in [-0.05, 0) is 29.3 Å². The van der Waals surface area contributed by atoms with Gasteiger partial charge in [0, 0.05) is 11.8 Å². The fourth-order valence-electron chi connectivity index (χ4n) is 1.39. The Kier molecular flexibility index (Phi) is 3.57. The Morgan fingerprint density at radius 1 is 1.29 bits per heavy atom. The van der Waals surface area contributed by atoms with Crippen LogP contribution in [0.15, 0.2) is 30.5 Å². The van der Waals surface area contributed by atoms with E-state index in [1.165, 1.54) is 24.4 Å². The molecule has 0 bridgehead atoms. The summed E-state index contributed by atoms with van der Waals surface area (Å²) in [5.74, 6) is -0.437. The molecule has 17 heavy (non-hydrogen) atoms. The third-order valence-corrected chi connectivity index (χ3v) is 2.68. The lowest BCUT2D eigenvalue weighted by molar-refractivity contribution is 0.219. The maximum Gasteiger partial charge on any atom is 0.223 e. The van der Waals surface area contributed by atoms with Crippen molar-refractivity contribution in [3.63, 3.8) is 0 Å². The molecule has 0 spiro atoms. The van der Waals surface area contributed by atoms with E-state index in [1.807, 2.05) is 0 Å². The molecule has 1 aromatic carbocycles. The summed E-state index contributed by atoms with van der Waals surface area (Å²) < 4.78 is 13.0. The summed E-state index contributed by atoms with van der Waals surface area (Å²) in [6.07, 6.45) is 0.225. The Bertz CT molecular complexity index is 551. The summed E-state index contributed by atoms with van der Waals surface area (Å²) in [6.45, 7) is 0. The fraction of sp³-hybridized carbons (Fsp3) is 0.0909. The van der Waals surface area contributed by atoms with Gasteiger partial charge in [0.1, 0.15) is 17.1 Å². The molecule has 0 aliphatic carbocycles. The molecule has 6 heteroatoms. The van der Waals surface area contributed by atoms with E-state index in [-0.39, 0.29) is 16.0 Å². The Morgan fingerprint density at radius 3 is 2.71 bits per heavy atom. The van der Waals surface area contributed by atoms with Crippen LogP contribution in [0, 0.1) is 5.82 Å². The first kappa shape index (κ1) is 12.2. The molecule has 88 valence electrons. The highest BCUT2D eigenvalue weighted by Crippen LogP contribution is 2.27. The molecule has 0 saturated carbocycles. The quantitative estimate of drug-likeness (QED) is 0.675. The third-order valence-electron chi connectivity index (χ3n) is 2.20. The smallest absolute Gasteiger partial charge is 0.223 e. The number of benzene rings is 1. The van der Waals surface area contributed by atoms with Gasteiger partial charge < -0.3 is 5.11 Å². The lowest BCUT2D eigenvalue weighted by atomic mass is 10.0. The van der Waals surface area contributed by atoms with Gasteiger partial charge in [-0.15, -0.1) is 0 Å². The summed E-state index contributed by atoms with van der Waals surface area (Å²) in [6, 6.07) is 5.59. The highest BCUT2D eigenvalue weighted by Gasteiger charge is 2.16. The molecule has 0 aliphatic rings. The van der Waals surface area contributed by atoms with Crippen molar-refractivity contribution in [2.24, 2.45) is 0 Å². The minimum absolute atomic E-state index is 0.00908. The van der Waals surface area contributed by atoms with E-state index in [2.05, 4.69) is 9.97 Å². The lowest BCUT2D eigenvalue weighted by Gasteiger charge is -2.12. The minimum atomic E-state index is -1.09. The number of hydrogen-bond donors (Lipinski definition) is 1. The Hall–Kier alpha value is -1.23. The topological polar surface area (TPSA) is 46.0 Å². The van der Waals surface area contributed by atoms with E-state index < -0.39 is 11.9 Å². The molecule has 2 rings (SSSR count). The first-order valence-electron chi connectivity index (χ1n) is 4.69. The molecule has 0 radical (unpaired) electrons. The van der Waals surface area contributed by atoms with Crippen molar-refractivity contribution < 1.29 is 9.50 Å². The van der Waals surface area contributed by atoms with Gasteiger partial charge in [-0.2, -0.15) is 0 Å². The normalized spacial score (nSPS) is 12.5. The number of aliphatic hydroxyl groups is 1. The molecule has 1 unspecified atom stereocenters. The first-order valence-corrected chi connectivity index (χ1v) is 5.45. The number of hydrogen-bond acceptors (Lipinski definition) is 3. The number of halogens is 3. The van der Waals surface area contributed by atoms with Gasteiger partial charge in [-0.3, -0.25) is 0 Å². The van der Waals surface area contributed by atoms with Crippen molar-refractivity contribution in [2.75, 3.05) is 0 Å². The van der Waals surface area contributed by atoms with Crippen LogP contribution < -0.4 is 0 Å².